The van der Waals surface area contributed by atoms with Crippen LogP contribution in [-0.4, -0.2) is 15.8 Å². The highest BCUT2D eigenvalue weighted by Crippen LogP contribution is 2.07. The highest BCUT2D eigenvalue weighted by atomic mass is 16.1. The van der Waals surface area contributed by atoms with E-state index in [1.807, 2.05) is 0 Å². The second-order valence-corrected chi connectivity index (χ2v) is 3.19. The standard InChI is InChI=1S/C10H15N3O/c1-4-5-6-11-9-8(2)12-7-13(3)10(9)14/h6-7H,4-5H2,1-3H3. The highest BCUT2D eigenvalue weighted by Gasteiger charge is 2.03. The van der Waals surface area contributed by atoms with Crippen molar-refractivity contribution in [2.24, 2.45) is 12.0 Å². The molecule has 0 spiro atoms. The number of unbranched alkanes of at least 4 members (excludes halogenated alkanes) is 1. The van der Waals surface area contributed by atoms with Gasteiger partial charge in [0.1, 0.15) is 5.69 Å². The third kappa shape index (κ3) is 2.28. The fraction of sp³-hybridized carbons (Fsp3) is 0.500. The van der Waals surface area contributed by atoms with Gasteiger partial charge in [-0.25, -0.2) is 4.98 Å². The normalized spacial score (nSPS) is 11.1. The lowest BCUT2D eigenvalue weighted by atomic mass is 10.3. The minimum absolute atomic E-state index is 0.0927. The van der Waals surface area contributed by atoms with E-state index < -0.39 is 0 Å². The molecule has 0 fully saturated rings. The minimum Gasteiger partial charge on any atom is -0.301 e. The van der Waals surface area contributed by atoms with Gasteiger partial charge in [0.2, 0.25) is 0 Å². The summed E-state index contributed by atoms with van der Waals surface area (Å²) < 4.78 is 1.44. The summed E-state index contributed by atoms with van der Waals surface area (Å²) in [5, 5.41) is 0. The summed E-state index contributed by atoms with van der Waals surface area (Å²) in [6.07, 6.45) is 5.20. The van der Waals surface area contributed by atoms with E-state index in [2.05, 4.69) is 16.9 Å². The van der Waals surface area contributed by atoms with E-state index in [4.69, 9.17) is 0 Å². The zero-order chi connectivity index (χ0) is 10.6. The Balaban J connectivity index is 3.07. The molecule has 1 aromatic heterocycles. The van der Waals surface area contributed by atoms with Crippen molar-refractivity contribution < 1.29 is 0 Å². The third-order valence-electron chi connectivity index (χ3n) is 1.93. The van der Waals surface area contributed by atoms with Crippen LogP contribution in [0.5, 0.6) is 0 Å². The van der Waals surface area contributed by atoms with Crippen LogP contribution in [0, 0.1) is 6.92 Å². The van der Waals surface area contributed by atoms with Crippen LogP contribution < -0.4 is 5.56 Å². The van der Waals surface area contributed by atoms with Crippen LogP contribution in [0.1, 0.15) is 25.5 Å². The molecule has 4 heteroatoms. The van der Waals surface area contributed by atoms with Gasteiger partial charge >= 0.3 is 0 Å². The first-order valence-corrected chi connectivity index (χ1v) is 4.71. The summed E-state index contributed by atoms with van der Waals surface area (Å²) in [5.41, 5.74) is 1.04. The van der Waals surface area contributed by atoms with Crippen molar-refractivity contribution in [2.75, 3.05) is 0 Å². The fourth-order valence-electron chi connectivity index (χ4n) is 1.04. The Morgan fingerprint density at radius 3 is 3.00 bits per heavy atom. The van der Waals surface area contributed by atoms with Crippen molar-refractivity contribution in [1.82, 2.24) is 9.55 Å². The van der Waals surface area contributed by atoms with Crippen LogP contribution in [0.2, 0.25) is 0 Å². The molecule has 0 atom stereocenters. The first kappa shape index (κ1) is 10.6. The SMILES string of the molecule is CCCC=Nc1c(C)ncn(C)c1=O. The lowest BCUT2D eigenvalue weighted by Crippen LogP contribution is -2.17. The molecule has 4 nitrogen and oxygen atoms in total. The van der Waals surface area contributed by atoms with Crippen LogP contribution >= 0.6 is 0 Å². The quantitative estimate of drug-likeness (QED) is 0.684. The van der Waals surface area contributed by atoms with Crippen molar-refractivity contribution >= 4 is 11.9 Å². The Morgan fingerprint density at radius 1 is 1.64 bits per heavy atom. The van der Waals surface area contributed by atoms with Gasteiger partial charge in [-0.05, 0) is 13.3 Å². The fourth-order valence-corrected chi connectivity index (χ4v) is 1.04. The molecule has 0 saturated carbocycles. The van der Waals surface area contributed by atoms with Crippen LogP contribution in [0.15, 0.2) is 16.1 Å². The van der Waals surface area contributed by atoms with E-state index in [1.54, 1.807) is 20.2 Å². The number of nitrogens with zero attached hydrogens (tertiary/aromatic N) is 3. The molecule has 0 unspecified atom stereocenters. The molecule has 0 aliphatic rings. The molecule has 0 aliphatic heterocycles. The Bertz CT molecular complexity index is 393. The minimum atomic E-state index is -0.0927. The predicted octanol–water partition coefficient (Wildman–Crippen LogP) is 1.59. The molecule has 76 valence electrons. The van der Waals surface area contributed by atoms with E-state index in [-0.39, 0.29) is 5.56 Å². The molecule has 0 N–H and O–H groups in total. The Morgan fingerprint density at radius 2 is 2.36 bits per heavy atom. The first-order chi connectivity index (χ1) is 6.66. The summed E-state index contributed by atoms with van der Waals surface area (Å²) in [5.74, 6) is 0. The maximum Gasteiger partial charge on any atom is 0.279 e. The maximum atomic E-state index is 11.6. The van der Waals surface area contributed by atoms with Crippen LogP contribution in [0.4, 0.5) is 5.69 Å². The molecule has 1 heterocycles. The average Bonchev–Trinajstić information content (AvgIpc) is 2.18. The van der Waals surface area contributed by atoms with Crippen molar-refractivity contribution in [3.05, 3.63) is 22.4 Å². The zero-order valence-corrected chi connectivity index (χ0v) is 8.82. The van der Waals surface area contributed by atoms with E-state index >= 15 is 0 Å². The zero-order valence-electron chi connectivity index (χ0n) is 8.82. The molecule has 14 heavy (non-hydrogen) atoms. The second-order valence-electron chi connectivity index (χ2n) is 3.19. The molecular formula is C10H15N3O. The van der Waals surface area contributed by atoms with Crippen molar-refractivity contribution in [3.63, 3.8) is 0 Å². The van der Waals surface area contributed by atoms with Gasteiger partial charge in [0.15, 0.2) is 0 Å². The summed E-state index contributed by atoms with van der Waals surface area (Å²) >= 11 is 0. The van der Waals surface area contributed by atoms with Gasteiger partial charge in [-0.1, -0.05) is 13.3 Å². The van der Waals surface area contributed by atoms with Gasteiger partial charge in [0, 0.05) is 13.3 Å². The van der Waals surface area contributed by atoms with Crippen LogP contribution in [0.25, 0.3) is 0 Å². The number of aryl methyl sites for hydroxylation is 2. The van der Waals surface area contributed by atoms with Gasteiger partial charge in [-0.2, -0.15) is 0 Å². The number of hydrogen-bond donors (Lipinski definition) is 0. The van der Waals surface area contributed by atoms with Gasteiger partial charge in [0.05, 0.1) is 12.0 Å². The van der Waals surface area contributed by atoms with E-state index in [0.29, 0.717) is 11.4 Å². The third-order valence-corrected chi connectivity index (χ3v) is 1.93. The topological polar surface area (TPSA) is 47.2 Å². The molecule has 0 aliphatic carbocycles. The van der Waals surface area contributed by atoms with Gasteiger partial charge in [-0.3, -0.25) is 9.79 Å². The molecule has 0 aromatic carbocycles. The van der Waals surface area contributed by atoms with E-state index in [1.165, 1.54) is 10.9 Å². The lowest BCUT2D eigenvalue weighted by molar-refractivity contribution is 0.814. The molecule has 1 aromatic rings. The van der Waals surface area contributed by atoms with Gasteiger partial charge in [-0.15, -0.1) is 0 Å². The predicted molar refractivity (Wildman–Crippen MR) is 57.3 cm³/mol. The van der Waals surface area contributed by atoms with Crippen molar-refractivity contribution in [3.8, 4) is 0 Å². The molecule has 0 radical (unpaired) electrons. The van der Waals surface area contributed by atoms with Crippen LogP contribution in [-0.2, 0) is 7.05 Å². The Kier molecular flexibility index (Phi) is 3.56. The smallest absolute Gasteiger partial charge is 0.279 e. The van der Waals surface area contributed by atoms with Crippen LogP contribution in [0.3, 0.4) is 0 Å². The summed E-state index contributed by atoms with van der Waals surface area (Å²) in [6.45, 7) is 3.86. The Labute approximate surface area is 83.3 Å². The first-order valence-electron chi connectivity index (χ1n) is 4.71. The monoisotopic (exact) mass is 193 g/mol. The Hall–Kier alpha value is -1.45. The van der Waals surface area contributed by atoms with Gasteiger partial charge < -0.3 is 4.57 Å². The summed E-state index contributed by atoms with van der Waals surface area (Å²) in [4.78, 5) is 19.8. The second kappa shape index (κ2) is 4.69. The highest BCUT2D eigenvalue weighted by molar-refractivity contribution is 5.63. The van der Waals surface area contributed by atoms with Crippen molar-refractivity contribution in [2.45, 2.75) is 26.7 Å². The largest absolute Gasteiger partial charge is 0.301 e. The molecular weight excluding hydrogens is 178 g/mol. The molecule has 0 amide bonds. The summed E-state index contributed by atoms with van der Waals surface area (Å²) in [7, 11) is 1.67. The molecule has 1 rings (SSSR count). The number of hydrogen-bond acceptors (Lipinski definition) is 3. The number of aromatic nitrogens is 2. The average molecular weight is 193 g/mol. The molecule has 0 bridgehead atoms. The van der Waals surface area contributed by atoms with Crippen molar-refractivity contribution in [1.29, 1.82) is 0 Å². The maximum absolute atomic E-state index is 11.6. The lowest BCUT2D eigenvalue weighted by Gasteiger charge is -2.00. The summed E-state index contributed by atoms with van der Waals surface area (Å²) in [6, 6.07) is 0. The number of rotatable bonds is 3. The number of aliphatic imine (C=N–C) groups is 1. The van der Waals surface area contributed by atoms with E-state index in [0.717, 1.165) is 12.8 Å². The molecule has 0 saturated heterocycles. The van der Waals surface area contributed by atoms with Gasteiger partial charge in [0.25, 0.3) is 5.56 Å². The van der Waals surface area contributed by atoms with E-state index in [9.17, 15) is 4.79 Å².